The molecule has 0 saturated carbocycles. The molecule has 0 radical (unpaired) electrons. The third-order valence-electron chi connectivity index (χ3n) is 11.2. The molecule has 3 aromatic carbocycles. The second-order valence-electron chi connectivity index (χ2n) is 18.5. The van der Waals surface area contributed by atoms with Gasteiger partial charge in [-0.05, 0) is 120 Å². The minimum absolute atomic E-state index is 0.105. The Balaban J connectivity index is 1.72. The second-order valence-corrected chi connectivity index (χ2v) is 18.5. The van der Waals surface area contributed by atoms with E-state index in [9.17, 15) is 0 Å². The Morgan fingerprint density at radius 2 is 0.851 bits per heavy atom. The van der Waals surface area contributed by atoms with Crippen molar-refractivity contribution < 1.29 is 9.31 Å². The summed E-state index contributed by atoms with van der Waals surface area (Å²) in [5, 5.41) is 0. The number of hydrogen-bond donors (Lipinski definition) is 0. The van der Waals surface area contributed by atoms with Gasteiger partial charge in [-0.2, -0.15) is 0 Å². The highest BCUT2D eigenvalue weighted by Gasteiger charge is 2.51. The quantitative estimate of drug-likeness (QED) is 0.174. The van der Waals surface area contributed by atoms with E-state index >= 15 is 0 Å². The van der Waals surface area contributed by atoms with Gasteiger partial charge in [-0.25, -0.2) is 0 Å². The maximum Gasteiger partial charge on any atom is 0.494 e. The van der Waals surface area contributed by atoms with E-state index < -0.39 is 18.3 Å². The van der Waals surface area contributed by atoms with Crippen LogP contribution >= 0.6 is 0 Å². The van der Waals surface area contributed by atoms with Crippen LogP contribution in [-0.4, -0.2) is 18.3 Å². The molecule has 1 aliphatic rings. The molecule has 1 heterocycles. The van der Waals surface area contributed by atoms with Crippen molar-refractivity contribution in [1.82, 2.24) is 0 Å². The van der Waals surface area contributed by atoms with Gasteiger partial charge in [0.2, 0.25) is 0 Å². The molecule has 1 aliphatic heterocycles. The highest BCUT2D eigenvalue weighted by atomic mass is 16.7. The van der Waals surface area contributed by atoms with Crippen LogP contribution in [0.25, 0.3) is 22.3 Å². The molecule has 0 amide bonds. The van der Waals surface area contributed by atoms with Gasteiger partial charge >= 0.3 is 7.12 Å². The van der Waals surface area contributed by atoms with E-state index in [0.29, 0.717) is 10.8 Å². The average molecular weight is 637 g/mol. The van der Waals surface area contributed by atoms with Gasteiger partial charge < -0.3 is 9.31 Å². The highest BCUT2D eigenvalue weighted by molar-refractivity contribution is 6.62. The van der Waals surface area contributed by atoms with Crippen molar-refractivity contribution in [2.75, 3.05) is 0 Å². The predicted molar refractivity (Wildman–Crippen MR) is 206 cm³/mol. The second kappa shape index (κ2) is 13.5. The summed E-state index contributed by atoms with van der Waals surface area (Å²) in [6.07, 6.45) is 7.27. The minimum Gasteiger partial charge on any atom is -0.399 e. The first-order valence-electron chi connectivity index (χ1n) is 18.3. The Bertz CT molecular complexity index is 1380. The lowest BCUT2D eigenvalue weighted by molar-refractivity contribution is 0.00578. The van der Waals surface area contributed by atoms with Crippen LogP contribution in [0.1, 0.15) is 147 Å². The van der Waals surface area contributed by atoms with E-state index in [4.69, 9.17) is 9.31 Å². The number of benzene rings is 3. The maximum atomic E-state index is 6.57. The van der Waals surface area contributed by atoms with Gasteiger partial charge in [0.1, 0.15) is 0 Å². The van der Waals surface area contributed by atoms with E-state index in [-0.39, 0.29) is 10.8 Å². The Labute approximate surface area is 289 Å². The van der Waals surface area contributed by atoms with Crippen LogP contribution < -0.4 is 5.46 Å². The molecule has 0 bridgehead atoms. The lowest BCUT2D eigenvalue weighted by Gasteiger charge is -2.35. The van der Waals surface area contributed by atoms with Crippen molar-refractivity contribution in [2.24, 2.45) is 10.8 Å². The SMILES string of the molecule is CCCC(C)(C)CC(C)(C)c1ccc(-c2cc(B3OC(C)(C)C(C)(C)O3)cc(-c3ccc(C(C)(C)CC(C)(C)CCC)cc3)c2)cc1. The van der Waals surface area contributed by atoms with Gasteiger partial charge in [-0.15, -0.1) is 0 Å². The van der Waals surface area contributed by atoms with Crippen LogP contribution in [0.5, 0.6) is 0 Å². The first-order chi connectivity index (χ1) is 21.6. The Morgan fingerprint density at radius 1 is 0.511 bits per heavy atom. The number of hydrogen-bond acceptors (Lipinski definition) is 2. The first kappa shape index (κ1) is 37.5. The Morgan fingerprint density at radius 3 is 1.17 bits per heavy atom. The summed E-state index contributed by atoms with van der Waals surface area (Å²) in [6, 6.07) is 25.5. The fraction of sp³-hybridized carbons (Fsp3) is 0.591. The van der Waals surface area contributed by atoms with E-state index in [1.807, 2.05) is 0 Å². The van der Waals surface area contributed by atoms with E-state index in [1.165, 1.54) is 59.1 Å². The molecule has 4 rings (SSSR count). The van der Waals surface area contributed by atoms with Crippen molar-refractivity contribution in [2.45, 2.75) is 157 Å². The van der Waals surface area contributed by atoms with E-state index in [0.717, 1.165) is 18.3 Å². The maximum absolute atomic E-state index is 6.57. The van der Waals surface area contributed by atoms with Gasteiger partial charge in [-0.1, -0.05) is 143 Å². The van der Waals surface area contributed by atoms with Crippen molar-refractivity contribution >= 4 is 12.6 Å². The van der Waals surface area contributed by atoms with Crippen LogP contribution in [0, 0.1) is 10.8 Å². The lowest BCUT2D eigenvalue weighted by atomic mass is 9.69. The van der Waals surface area contributed by atoms with Gasteiger partial charge in [0.15, 0.2) is 0 Å². The van der Waals surface area contributed by atoms with Gasteiger partial charge in [0, 0.05) is 0 Å². The number of rotatable bonds is 13. The summed E-state index contributed by atoms with van der Waals surface area (Å²) in [4.78, 5) is 0. The average Bonchev–Trinajstić information content (AvgIpc) is 3.18. The standard InChI is InChI=1S/C44H65BO2/c1-15-25-39(3,4)30-41(7,8)36-21-17-32(18-22-36)34-27-35(29-38(28-34)45-46-43(11,12)44(13,14)47-45)33-19-23-37(24-20-33)42(9,10)31-40(5,6)26-16-2/h17-24,27-29H,15-16,25-26,30-31H2,1-14H3. The molecule has 0 spiro atoms. The van der Waals surface area contributed by atoms with E-state index in [2.05, 4.69) is 164 Å². The molecule has 0 unspecified atom stereocenters. The fourth-order valence-electron chi connectivity index (χ4n) is 8.46. The zero-order valence-corrected chi connectivity index (χ0v) is 32.5. The van der Waals surface area contributed by atoms with Crippen LogP contribution in [0.3, 0.4) is 0 Å². The smallest absolute Gasteiger partial charge is 0.399 e. The largest absolute Gasteiger partial charge is 0.494 e. The molecular weight excluding hydrogens is 571 g/mol. The summed E-state index contributed by atoms with van der Waals surface area (Å²) < 4.78 is 13.1. The van der Waals surface area contributed by atoms with Crippen molar-refractivity contribution in [3.05, 3.63) is 77.9 Å². The zero-order chi connectivity index (χ0) is 35.1. The van der Waals surface area contributed by atoms with Crippen LogP contribution in [0.15, 0.2) is 66.7 Å². The molecule has 0 aromatic heterocycles. The lowest BCUT2D eigenvalue weighted by Crippen LogP contribution is -2.41. The topological polar surface area (TPSA) is 18.5 Å². The van der Waals surface area contributed by atoms with Crippen LogP contribution in [0.2, 0.25) is 0 Å². The normalized spacial score (nSPS) is 16.9. The molecule has 2 nitrogen and oxygen atoms in total. The summed E-state index contributed by atoms with van der Waals surface area (Å²) in [5.74, 6) is 0. The summed E-state index contributed by atoms with van der Waals surface area (Å²) >= 11 is 0. The third kappa shape index (κ3) is 8.82. The molecule has 0 atom stereocenters. The molecule has 0 aliphatic carbocycles. The highest BCUT2D eigenvalue weighted by Crippen LogP contribution is 2.42. The van der Waals surface area contributed by atoms with Crippen molar-refractivity contribution in [3.8, 4) is 22.3 Å². The summed E-state index contributed by atoms with van der Waals surface area (Å²) in [5.41, 5.74) is 8.72. The first-order valence-corrected chi connectivity index (χ1v) is 18.3. The predicted octanol–water partition coefficient (Wildman–Crippen LogP) is 12.3. The monoisotopic (exact) mass is 637 g/mol. The summed E-state index contributed by atoms with van der Waals surface area (Å²) in [6.45, 7) is 32.3. The molecular formula is C44H65BO2. The molecule has 256 valence electrons. The Hall–Kier alpha value is -2.36. The van der Waals surface area contributed by atoms with E-state index in [1.54, 1.807) is 0 Å². The van der Waals surface area contributed by atoms with Crippen LogP contribution in [-0.2, 0) is 20.1 Å². The zero-order valence-electron chi connectivity index (χ0n) is 32.5. The van der Waals surface area contributed by atoms with Crippen molar-refractivity contribution in [3.63, 3.8) is 0 Å². The molecule has 47 heavy (non-hydrogen) atoms. The molecule has 3 heteroatoms. The third-order valence-corrected chi connectivity index (χ3v) is 11.2. The van der Waals surface area contributed by atoms with Crippen molar-refractivity contribution in [1.29, 1.82) is 0 Å². The molecule has 0 N–H and O–H groups in total. The fourth-order valence-corrected chi connectivity index (χ4v) is 8.46. The minimum atomic E-state index is -0.420. The van der Waals surface area contributed by atoms with Crippen LogP contribution in [0.4, 0.5) is 0 Å². The van der Waals surface area contributed by atoms with Gasteiger partial charge in [0.25, 0.3) is 0 Å². The van der Waals surface area contributed by atoms with Gasteiger partial charge in [-0.3, -0.25) is 0 Å². The molecule has 3 aromatic rings. The Kier molecular flexibility index (Phi) is 10.8. The molecule has 1 saturated heterocycles. The summed E-state index contributed by atoms with van der Waals surface area (Å²) in [7, 11) is -0.420. The molecule has 1 fully saturated rings. The van der Waals surface area contributed by atoms with Gasteiger partial charge in [0.05, 0.1) is 11.2 Å².